The fourth-order valence-electron chi connectivity index (χ4n) is 3.06. The fourth-order valence-corrected chi connectivity index (χ4v) is 3.06. The highest BCUT2D eigenvalue weighted by molar-refractivity contribution is 5.32. The van der Waals surface area contributed by atoms with Crippen LogP contribution in [0.5, 0.6) is 0 Å². The average molecular weight is 230 g/mol. The molecule has 2 aliphatic carbocycles. The van der Waals surface area contributed by atoms with Crippen molar-refractivity contribution in [2.24, 2.45) is 17.8 Å². The molecule has 2 atom stereocenters. The summed E-state index contributed by atoms with van der Waals surface area (Å²) in [5.41, 5.74) is 3.30. The van der Waals surface area contributed by atoms with E-state index in [2.05, 4.69) is 45.1 Å². The van der Waals surface area contributed by atoms with Crippen molar-refractivity contribution in [2.75, 3.05) is 0 Å². The number of rotatable bonds is 3. The summed E-state index contributed by atoms with van der Waals surface area (Å²) < 4.78 is 0. The maximum absolute atomic E-state index is 2.50. The van der Waals surface area contributed by atoms with E-state index < -0.39 is 0 Å². The van der Waals surface area contributed by atoms with Crippen molar-refractivity contribution in [3.8, 4) is 0 Å². The Morgan fingerprint density at radius 3 is 2.88 bits per heavy atom. The standard InChI is InChI=1S/C17H26/c1-4-5-6-14-7-8-15-9-10-16(13(2)3)12-17(15)11-14/h5-6,10,12-15H,4,7-9,11H2,1-3H3. The maximum atomic E-state index is 2.50. The predicted molar refractivity (Wildman–Crippen MR) is 75.9 cm³/mol. The molecule has 17 heavy (non-hydrogen) atoms. The molecule has 0 bridgehead atoms. The SMILES string of the molecule is CCC=CC1CCC2CC=C(C(C)C)C=C2C1. The third-order valence-corrected chi connectivity index (χ3v) is 4.21. The summed E-state index contributed by atoms with van der Waals surface area (Å²) in [5.74, 6) is 2.36. The van der Waals surface area contributed by atoms with Gasteiger partial charge in [0.15, 0.2) is 0 Å². The lowest BCUT2D eigenvalue weighted by Gasteiger charge is -2.32. The number of allylic oxidation sites excluding steroid dienone is 6. The van der Waals surface area contributed by atoms with Crippen molar-refractivity contribution < 1.29 is 0 Å². The second-order valence-corrected chi connectivity index (χ2v) is 5.89. The van der Waals surface area contributed by atoms with Crippen molar-refractivity contribution in [3.05, 3.63) is 35.5 Å². The normalized spacial score (nSPS) is 29.2. The van der Waals surface area contributed by atoms with E-state index in [1.807, 2.05) is 0 Å². The van der Waals surface area contributed by atoms with E-state index in [9.17, 15) is 0 Å². The predicted octanol–water partition coefficient (Wildman–Crippen LogP) is 5.28. The van der Waals surface area contributed by atoms with Crippen LogP contribution in [-0.4, -0.2) is 0 Å². The molecule has 0 radical (unpaired) electrons. The molecule has 0 amide bonds. The Morgan fingerprint density at radius 1 is 1.35 bits per heavy atom. The summed E-state index contributed by atoms with van der Waals surface area (Å²) in [6, 6.07) is 0. The molecule has 0 nitrogen and oxygen atoms in total. The summed E-state index contributed by atoms with van der Waals surface area (Å²) in [6.07, 6.45) is 16.3. The van der Waals surface area contributed by atoms with Gasteiger partial charge in [0.1, 0.15) is 0 Å². The lowest BCUT2D eigenvalue weighted by Crippen LogP contribution is -2.18. The zero-order valence-electron chi connectivity index (χ0n) is 11.6. The van der Waals surface area contributed by atoms with E-state index in [-0.39, 0.29) is 0 Å². The first kappa shape index (κ1) is 12.7. The van der Waals surface area contributed by atoms with Crippen LogP contribution in [0.2, 0.25) is 0 Å². The lowest BCUT2D eigenvalue weighted by molar-refractivity contribution is 0.391. The van der Waals surface area contributed by atoms with Gasteiger partial charge >= 0.3 is 0 Å². The lowest BCUT2D eigenvalue weighted by atomic mass is 9.73. The van der Waals surface area contributed by atoms with Crippen LogP contribution >= 0.6 is 0 Å². The fraction of sp³-hybridized carbons (Fsp3) is 0.647. The van der Waals surface area contributed by atoms with Crippen molar-refractivity contribution in [1.29, 1.82) is 0 Å². The van der Waals surface area contributed by atoms with Gasteiger partial charge in [-0.15, -0.1) is 0 Å². The smallest absolute Gasteiger partial charge is 0.0165 e. The van der Waals surface area contributed by atoms with E-state index in [1.54, 1.807) is 11.1 Å². The van der Waals surface area contributed by atoms with Gasteiger partial charge < -0.3 is 0 Å². The molecular formula is C17H26. The molecule has 0 aromatic carbocycles. The van der Waals surface area contributed by atoms with Gasteiger partial charge in [-0.25, -0.2) is 0 Å². The molecule has 1 saturated carbocycles. The van der Waals surface area contributed by atoms with E-state index in [0.717, 1.165) is 11.8 Å². The van der Waals surface area contributed by atoms with Crippen LogP contribution in [0.1, 0.15) is 52.9 Å². The van der Waals surface area contributed by atoms with Gasteiger partial charge in [-0.1, -0.05) is 50.6 Å². The molecule has 0 aromatic heterocycles. The Kier molecular flexibility index (Phi) is 4.25. The van der Waals surface area contributed by atoms with Crippen LogP contribution < -0.4 is 0 Å². The van der Waals surface area contributed by atoms with Gasteiger partial charge in [0, 0.05) is 0 Å². The Hall–Kier alpha value is -0.780. The van der Waals surface area contributed by atoms with E-state index in [0.29, 0.717) is 5.92 Å². The summed E-state index contributed by atoms with van der Waals surface area (Å²) in [6.45, 7) is 6.84. The van der Waals surface area contributed by atoms with Crippen LogP contribution in [0.4, 0.5) is 0 Å². The zero-order valence-corrected chi connectivity index (χ0v) is 11.6. The quantitative estimate of drug-likeness (QED) is 0.578. The first-order valence-electron chi connectivity index (χ1n) is 7.27. The molecule has 2 unspecified atom stereocenters. The van der Waals surface area contributed by atoms with Gasteiger partial charge in [-0.2, -0.15) is 0 Å². The highest BCUT2D eigenvalue weighted by atomic mass is 14.3. The van der Waals surface area contributed by atoms with E-state index >= 15 is 0 Å². The number of hydrogen-bond donors (Lipinski definition) is 0. The maximum Gasteiger partial charge on any atom is -0.0165 e. The third kappa shape index (κ3) is 3.12. The third-order valence-electron chi connectivity index (χ3n) is 4.21. The average Bonchev–Trinajstić information content (AvgIpc) is 2.35. The number of fused-ring (bicyclic) bond motifs is 1. The minimum Gasteiger partial charge on any atom is -0.0885 e. The summed E-state index contributed by atoms with van der Waals surface area (Å²) in [5, 5.41) is 0. The van der Waals surface area contributed by atoms with Crippen LogP contribution in [0.3, 0.4) is 0 Å². The Morgan fingerprint density at radius 2 is 2.18 bits per heavy atom. The first-order chi connectivity index (χ1) is 8.20. The highest BCUT2D eigenvalue weighted by Crippen LogP contribution is 2.40. The molecular weight excluding hydrogens is 204 g/mol. The number of hydrogen-bond acceptors (Lipinski definition) is 0. The van der Waals surface area contributed by atoms with Crippen LogP contribution in [0, 0.1) is 17.8 Å². The van der Waals surface area contributed by atoms with Crippen molar-refractivity contribution >= 4 is 0 Å². The topological polar surface area (TPSA) is 0 Å². The molecule has 0 heteroatoms. The largest absolute Gasteiger partial charge is 0.0885 e. The molecule has 0 heterocycles. The van der Waals surface area contributed by atoms with Gasteiger partial charge in [-0.3, -0.25) is 0 Å². The highest BCUT2D eigenvalue weighted by Gasteiger charge is 2.25. The molecule has 94 valence electrons. The second kappa shape index (κ2) is 5.71. The molecule has 0 aromatic rings. The Labute approximate surface area is 106 Å². The molecule has 0 spiro atoms. The molecule has 2 rings (SSSR count). The summed E-state index contributed by atoms with van der Waals surface area (Å²) in [4.78, 5) is 0. The van der Waals surface area contributed by atoms with Gasteiger partial charge in [0.25, 0.3) is 0 Å². The van der Waals surface area contributed by atoms with Gasteiger partial charge in [-0.05, 0) is 55.4 Å². The minimum atomic E-state index is 0.690. The Bertz CT molecular complexity index is 341. The van der Waals surface area contributed by atoms with Gasteiger partial charge in [0.2, 0.25) is 0 Å². The van der Waals surface area contributed by atoms with Crippen molar-refractivity contribution in [3.63, 3.8) is 0 Å². The van der Waals surface area contributed by atoms with Crippen LogP contribution in [0.15, 0.2) is 35.5 Å². The monoisotopic (exact) mass is 230 g/mol. The van der Waals surface area contributed by atoms with Crippen molar-refractivity contribution in [2.45, 2.75) is 52.9 Å². The van der Waals surface area contributed by atoms with Gasteiger partial charge in [0.05, 0.1) is 0 Å². The second-order valence-electron chi connectivity index (χ2n) is 5.89. The van der Waals surface area contributed by atoms with E-state index in [4.69, 9.17) is 0 Å². The molecule has 0 N–H and O–H groups in total. The van der Waals surface area contributed by atoms with Crippen molar-refractivity contribution in [1.82, 2.24) is 0 Å². The first-order valence-corrected chi connectivity index (χ1v) is 7.27. The zero-order chi connectivity index (χ0) is 12.3. The molecule has 0 saturated heterocycles. The molecule has 1 fully saturated rings. The molecule has 2 aliphatic rings. The Balaban J connectivity index is 2.05. The minimum absolute atomic E-state index is 0.690. The van der Waals surface area contributed by atoms with Crippen LogP contribution in [0.25, 0.3) is 0 Å². The summed E-state index contributed by atoms with van der Waals surface area (Å²) >= 11 is 0. The molecule has 0 aliphatic heterocycles. The summed E-state index contributed by atoms with van der Waals surface area (Å²) in [7, 11) is 0. The van der Waals surface area contributed by atoms with Crippen LogP contribution in [-0.2, 0) is 0 Å². The van der Waals surface area contributed by atoms with E-state index in [1.165, 1.54) is 32.1 Å².